The smallest absolute Gasteiger partial charge is 0.231 e. The molecule has 2 rings (SSSR count). The molecule has 35 heavy (non-hydrogen) atoms. The van der Waals surface area contributed by atoms with Crippen LogP contribution in [-0.2, 0) is 21.2 Å². The summed E-state index contributed by atoms with van der Waals surface area (Å²) >= 11 is 0. The van der Waals surface area contributed by atoms with Crippen molar-refractivity contribution in [1.82, 2.24) is 14.9 Å². The Hall–Kier alpha value is -1.88. The number of ether oxygens (including phenoxy) is 2. The van der Waals surface area contributed by atoms with Crippen LogP contribution in [0.25, 0.3) is 0 Å². The van der Waals surface area contributed by atoms with Crippen LogP contribution in [0, 0.1) is 5.92 Å². The second-order valence-corrected chi connectivity index (χ2v) is 11.6. The quantitative estimate of drug-likeness (QED) is 0.274. The first-order chi connectivity index (χ1) is 16.7. The van der Waals surface area contributed by atoms with E-state index in [1.807, 2.05) is 32.0 Å². The first-order valence-electron chi connectivity index (χ1n) is 12.7. The molecule has 1 aliphatic rings. The van der Waals surface area contributed by atoms with Crippen LogP contribution in [0.3, 0.4) is 0 Å². The van der Waals surface area contributed by atoms with E-state index in [4.69, 9.17) is 9.47 Å². The third-order valence-corrected chi connectivity index (χ3v) is 7.75. The van der Waals surface area contributed by atoms with Crippen LogP contribution in [-0.4, -0.2) is 74.6 Å². The molecule has 2 atom stereocenters. The lowest BCUT2D eigenvalue weighted by Gasteiger charge is -2.26. The lowest BCUT2D eigenvalue weighted by molar-refractivity contribution is -0.122. The first-order valence-corrected chi connectivity index (χ1v) is 14.3. The maximum atomic E-state index is 12.8. The minimum absolute atomic E-state index is 0.155. The maximum absolute atomic E-state index is 12.8. The van der Waals surface area contributed by atoms with Crippen molar-refractivity contribution >= 4 is 15.9 Å². The van der Waals surface area contributed by atoms with Gasteiger partial charge in [-0.15, -0.1) is 0 Å². The molecule has 0 spiro atoms. The third kappa shape index (κ3) is 9.95. The van der Waals surface area contributed by atoms with Crippen LogP contribution < -0.4 is 20.1 Å². The summed E-state index contributed by atoms with van der Waals surface area (Å²) in [5, 5.41) is 17.0. The molecule has 0 fully saturated rings. The van der Waals surface area contributed by atoms with Crippen molar-refractivity contribution < 1.29 is 27.8 Å². The standard InChI is InChI=1S/C25H43N3O6S/c1-5-12-28(13-6-2)35(31,32)14-10-25(30)27-21(22(29)17-26-11-9-19(3)4)15-20-7-8-23-24(16-20)34-18-33-23/h7-8,16,19,21-22,26,29H,5-6,9-15,17-18H2,1-4H3,(H,27,30)/t21-,22-/m0/s1. The highest BCUT2D eigenvalue weighted by Crippen LogP contribution is 2.32. The zero-order chi connectivity index (χ0) is 25.8. The van der Waals surface area contributed by atoms with Gasteiger partial charge < -0.3 is 25.2 Å². The van der Waals surface area contributed by atoms with E-state index in [1.165, 1.54) is 4.31 Å². The van der Waals surface area contributed by atoms with Gasteiger partial charge in [0, 0.05) is 26.1 Å². The molecule has 0 radical (unpaired) electrons. The lowest BCUT2D eigenvalue weighted by atomic mass is 10.00. The number of benzene rings is 1. The van der Waals surface area contributed by atoms with Crippen molar-refractivity contribution in [2.75, 3.05) is 38.7 Å². The molecule has 1 aliphatic heterocycles. The zero-order valence-electron chi connectivity index (χ0n) is 21.6. The SMILES string of the molecule is CCCN(CCC)S(=O)(=O)CCC(=O)N[C@@H](Cc1ccc2c(c1)OCO2)[C@@H](O)CNCCC(C)C. The number of fused-ring (bicyclic) bond motifs is 1. The number of hydrogen-bond donors (Lipinski definition) is 3. The average molecular weight is 514 g/mol. The predicted molar refractivity (Wildman–Crippen MR) is 137 cm³/mol. The van der Waals surface area contributed by atoms with Gasteiger partial charge in [0.2, 0.25) is 22.7 Å². The summed E-state index contributed by atoms with van der Waals surface area (Å²) in [5.41, 5.74) is 0.880. The molecule has 0 unspecified atom stereocenters. The van der Waals surface area contributed by atoms with E-state index in [9.17, 15) is 18.3 Å². The second kappa shape index (κ2) is 14.6. The molecule has 0 bridgehead atoms. The largest absolute Gasteiger partial charge is 0.454 e. The first kappa shape index (κ1) is 29.4. The molecule has 0 aliphatic carbocycles. The van der Waals surface area contributed by atoms with E-state index in [0.717, 1.165) is 31.4 Å². The summed E-state index contributed by atoms with van der Waals surface area (Å²) in [6.45, 7) is 10.3. The Kier molecular flexibility index (Phi) is 12.3. The minimum Gasteiger partial charge on any atom is -0.454 e. The van der Waals surface area contributed by atoms with Crippen molar-refractivity contribution in [2.45, 2.75) is 71.9 Å². The van der Waals surface area contributed by atoms with Crippen molar-refractivity contribution in [2.24, 2.45) is 5.92 Å². The van der Waals surface area contributed by atoms with Gasteiger partial charge in [-0.3, -0.25) is 4.79 Å². The summed E-state index contributed by atoms with van der Waals surface area (Å²) in [6, 6.07) is 4.95. The number of hydrogen-bond acceptors (Lipinski definition) is 7. The van der Waals surface area contributed by atoms with Gasteiger partial charge in [-0.25, -0.2) is 12.7 Å². The highest BCUT2D eigenvalue weighted by molar-refractivity contribution is 7.89. The topological polar surface area (TPSA) is 117 Å². The van der Waals surface area contributed by atoms with Crippen LogP contribution in [0.5, 0.6) is 11.5 Å². The summed E-state index contributed by atoms with van der Waals surface area (Å²) < 4.78 is 37.7. The number of sulfonamides is 1. The van der Waals surface area contributed by atoms with E-state index < -0.39 is 28.1 Å². The highest BCUT2D eigenvalue weighted by Gasteiger charge is 2.26. The molecule has 1 heterocycles. The van der Waals surface area contributed by atoms with Gasteiger partial charge in [0.25, 0.3) is 0 Å². The molecular formula is C25H43N3O6S. The van der Waals surface area contributed by atoms with E-state index in [2.05, 4.69) is 24.5 Å². The molecule has 3 N–H and O–H groups in total. The summed E-state index contributed by atoms with van der Waals surface area (Å²) in [7, 11) is -3.52. The highest BCUT2D eigenvalue weighted by atomic mass is 32.2. The molecule has 0 aromatic heterocycles. The van der Waals surface area contributed by atoms with Crippen molar-refractivity contribution in [1.29, 1.82) is 0 Å². The molecule has 1 aromatic rings. The lowest BCUT2D eigenvalue weighted by Crippen LogP contribution is -2.49. The third-order valence-electron chi connectivity index (χ3n) is 5.88. The van der Waals surface area contributed by atoms with Crippen LogP contribution in [0.15, 0.2) is 18.2 Å². The fourth-order valence-corrected chi connectivity index (χ4v) is 5.53. The summed E-state index contributed by atoms with van der Waals surface area (Å²) in [6.07, 6.45) is 1.80. The molecule has 10 heteroatoms. The van der Waals surface area contributed by atoms with Crippen molar-refractivity contribution in [3.05, 3.63) is 23.8 Å². The number of aliphatic hydroxyl groups is 1. The van der Waals surface area contributed by atoms with Gasteiger partial charge in [0.15, 0.2) is 11.5 Å². The predicted octanol–water partition coefficient (Wildman–Crippen LogP) is 2.28. The van der Waals surface area contributed by atoms with Gasteiger partial charge >= 0.3 is 0 Å². The van der Waals surface area contributed by atoms with Gasteiger partial charge in [-0.2, -0.15) is 0 Å². The van der Waals surface area contributed by atoms with Gasteiger partial charge in [-0.05, 0) is 55.8 Å². The monoisotopic (exact) mass is 513 g/mol. The summed E-state index contributed by atoms with van der Waals surface area (Å²) in [5.74, 6) is 1.20. The van der Waals surface area contributed by atoms with E-state index in [1.54, 1.807) is 0 Å². The van der Waals surface area contributed by atoms with Gasteiger partial charge in [-0.1, -0.05) is 33.8 Å². The Morgan fingerprint density at radius 1 is 1.14 bits per heavy atom. The van der Waals surface area contributed by atoms with Gasteiger partial charge in [0.05, 0.1) is 17.9 Å². The van der Waals surface area contributed by atoms with E-state index >= 15 is 0 Å². The Morgan fingerprint density at radius 3 is 2.49 bits per heavy atom. The van der Waals surface area contributed by atoms with E-state index in [0.29, 0.717) is 43.5 Å². The molecule has 200 valence electrons. The number of aliphatic hydroxyl groups excluding tert-OH is 1. The van der Waals surface area contributed by atoms with Gasteiger partial charge in [0.1, 0.15) is 0 Å². The molecular weight excluding hydrogens is 470 g/mol. The van der Waals surface area contributed by atoms with E-state index in [-0.39, 0.29) is 19.0 Å². The molecule has 1 aromatic carbocycles. The maximum Gasteiger partial charge on any atom is 0.231 e. The molecule has 0 saturated carbocycles. The fourth-order valence-electron chi connectivity index (χ4n) is 3.91. The van der Waals surface area contributed by atoms with Crippen LogP contribution in [0.1, 0.15) is 58.9 Å². The second-order valence-electron chi connectivity index (χ2n) is 9.48. The zero-order valence-corrected chi connectivity index (χ0v) is 22.4. The summed E-state index contributed by atoms with van der Waals surface area (Å²) in [4.78, 5) is 12.8. The number of carbonyl (C=O) groups is 1. The molecule has 0 saturated heterocycles. The number of amides is 1. The number of rotatable bonds is 17. The Labute approximate surface area is 210 Å². The number of carbonyl (C=O) groups excluding carboxylic acids is 1. The Bertz CT molecular complexity index is 887. The molecule has 9 nitrogen and oxygen atoms in total. The molecule has 1 amide bonds. The Balaban J connectivity index is 2.02. The number of nitrogens with zero attached hydrogens (tertiary/aromatic N) is 1. The van der Waals surface area contributed by atoms with Crippen LogP contribution in [0.4, 0.5) is 0 Å². The normalized spacial score (nSPS) is 14.9. The van der Waals surface area contributed by atoms with Crippen LogP contribution >= 0.6 is 0 Å². The number of nitrogens with one attached hydrogen (secondary N) is 2. The minimum atomic E-state index is -3.52. The van der Waals surface area contributed by atoms with Crippen molar-refractivity contribution in [3.8, 4) is 11.5 Å². The van der Waals surface area contributed by atoms with Crippen LogP contribution in [0.2, 0.25) is 0 Å². The van der Waals surface area contributed by atoms with Crippen molar-refractivity contribution in [3.63, 3.8) is 0 Å². The fraction of sp³-hybridized carbons (Fsp3) is 0.720. The Morgan fingerprint density at radius 2 is 1.83 bits per heavy atom. The average Bonchev–Trinajstić information content (AvgIpc) is 3.27.